The highest BCUT2D eigenvalue weighted by Gasteiger charge is 2.27. The van der Waals surface area contributed by atoms with Crippen molar-refractivity contribution < 1.29 is 18.3 Å². The van der Waals surface area contributed by atoms with Gasteiger partial charge in [-0.2, -0.15) is 5.10 Å². The van der Waals surface area contributed by atoms with Crippen LogP contribution in [0.5, 0.6) is 11.5 Å². The maximum absolute atomic E-state index is 14.8. The Morgan fingerprint density at radius 2 is 1.94 bits per heavy atom. The Labute approximate surface area is 194 Å². The molecule has 1 saturated heterocycles. The molecule has 4 rings (SSSR count). The second kappa shape index (κ2) is 9.46. The molecule has 176 valence electrons. The zero-order valence-corrected chi connectivity index (χ0v) is 19.0. The predicted octanol–water partition coefficient (Wildman–Crippen LogP) is 2.27. The number of rotatable bonds is 4. The van der Waals surface area contributed by atoms with Crippen LogP contribution in [0.4, 0.5) is 14.6 Å². The summed E-state index contributed by atoms with van der Waals surface area (Å²) in [5.74, 6) is 8.98. The first-order chi connectivity index (χ1) is 16.4. The number of aromatic amines is 1. The molecule has 0 aliphatic carbocycles. The van der Waals surface area contributed by atoms with E-state index in [4.69, 9.17) is 15.2 Å². The van der Waals surface area contributed by atoms with Crippen molar-refractivity contribution in [3.63, 3.8) is 0 Å². The van der Waals surface area contributed by atoms with E-state index in [1.165, 1.54) is 14.2 Å². The molecule has 8 nitrogen and oxygen atoms in total. The molecule has 3 aromatic rings. The molecule has 1 aliphatic heterocycles. The summed E-state index contributed by atoms with van der Waals surface area (Å²) < 4.78 is 41.3. The van der Waals surface area contributed by atoms with Gasteiger partial charge >= 0.3 is 0 Å². The van der Waals surface area contributed by atoms with Gasteiger partial charge in [0.05, 0.1) is 31.7 Å². The van der Waals surface area contributed by atoms with Crippen LogP contribution in [0.25, 0.3) is 10.9 Å². The van der Waals surface area contributed by atoms with Crippen LogP contribution in [-0.4, -0.2) is 53.5 Å². The van der Waals surface area contributed by atoms with E-state index in [9.17, 15) is 13.6 Å². The lowest BCUT2D eigenvalue weighted by Crippen LogP contribution is -2.23. The smallest absolute Gasteiger partial charge is 0.288 e. The minimum atomic E-state index is -0.954. The lowest BCUT2D eigenvalue weighted by Gasteiger charge is -2.15. The van der Waals surface area contributed by atoms with E-state index in [2.05, 4.69) is 38.8 Å². The third-order valence-corrected chi connectivity index (χ3v) is 5.80. The number of H-pyrrole nitrogens is 1. The van der Waals surface area contributed by atoms with Crippen molar-refractivity contribution in [2.75, 3.05) is 39.6 Å². The number of likely N-dealkylation sites (tertiary alicyclic amines) is 1. The second-order valence-corrected chi connectivity index (χ2v) is 7.75. The topological polar surface area (TPSA) is 98.4 Å². The summed E-state index contributed by atoms with van der Waals surface area (Å²) in [6.07, 6.45) is 2.47. The van der Waals surface area contributed by atoms with Crippen molar-refractivity contribution in [3.05, 3.63) is 45.4 Å². The molecule has 0 spiro atoms. The van der Waals surface area contributed by atoms with Crippen LogP contribution in [0.3, 0.4) is 0 Å². The molecular formula is C24H23F2N5O3. The summed E-state index contributed by atoms with van der Waals surface area (Å²) in [5, 5.41) is 6.58. The number of fused-ring (bicyclic) bond motifs is 1. The molecule has 10 heteroatoms. The quantitative estimate of drug-likeness (QED) is 0.572. The number of aromatic nitrogens is 3. The molecule has 0 saturated carbocycles. The van der Waals surface area contributed by atoms with E-state index < -0.39 is 22.8 Å². The Morgan fingerprint density at radius 3 is 2.59 bits per heavy atom. The number of anilines is 1. The SMILES string of the molecule is CC#CCN1CCC(n2cc(C#Cc3c(F)c(OC)cc(OC)c3F)c3c(N)n[nH]c(=O)c32)C1. The van der Waals surface area contributed by atoms with E-state index in [0.717, 1.165) is 19.0 Å². The summed E-state index contributed by atoms with van der Waals surface area (Å²) in [6.45, 7) is 3.92. The van der Waals surface area contributed by atoms with Crippen LogP contribution in [0, 0.1) is 35.3 Å². The van der Waals surface area contributed by atoms with Gasteiger partial charge in [-0.05, 0) is 13.3 Å². The van der Waals surface area contributed by atoms with Crippen molar-refractivity contribution in [2.24, 2.45) is 0 Å². The van der Waals surface area contributed by atoms with Gasteiger partial charge in [0, 0.05) is 31.4 Å². The average Bonchev–Trinajstić information content (AvgIpc) is 3.45. The molecule has 3 N–H and O–H groups in total. The van der Waals surface area contributed by atoms with Crippen LogP contribution in [0.1, 0.15) is 30.5 Å². The number of nitrogens with two attached hydrogens (primary N) is 1. The molecule has 3 heterocycles. The fourth-order valence-corrected chi connectivity index (χ4v) is 4.12. The van der Waals surface area contributed by atoms with Crippen LogP contribution in [-0.2, 0) is 0 Å². The lowest BCUT2D eigenvalue weighted by molar-refractivity contribution is 0.357. The molecule has 1 atom stereocenters. The Morgan fingerprint density at radius 1 is 1.24 bits per heavy atom. The van der Waals surface area contributed by atoms with Crippen LogP contribution < -0.4 is 20.8 Å². The largest absolute Gasteiger partial charge is 0.493 e. The van der Waals surface area contributed by atoms with Gasteiger partial charge in [-0.15, -0.1) is 5.92 Å². The van der Waals surface area contributed by atoms with E-state index in [1.54, 1.807) is 13.1 Å². The Bertz CT molecular complexity index is 1410. The highest BCUT2D eigenvalue weighted by molar-refractivity contribution is 5.94. The van der Waals surface area contributed by atoms with Gasteiger partial charge in [0.2, 0.25) is 0 Å². The molecule has 0 bridgehead atoms. The van der Waals surface area contributed by atoms with Crippen LogP contribution in [0.2, 0.25) is 0 Å². The first kappa shape index (κ1) is 23.1. The number of nitrogen functional groups attached to an aromatic ring is 1. The van der Waals surface area contributed by atoms with E-state index >= 15 is 0 Å². The standard InChI is InChI=1S/C24H23F2N5O3/c1-4-5-9-30-10-8-15(13-30)31-12-14(19-22(31)24(32)29-28-23(19)27)6-7-16-20(25)17(33-2)11-18(34-3)21(16)26/h11-12,15H,8-10,13H2,1-3H3,(H2,27,28)(H,29,32). The van der Waals surface area contributed by atoms with Crippen molar-refractivity contribution in [1.29, 1.82) is 0 Å². The minimum Gasteiger partial charge on any atom is -0.493 e. The molecule has 0 amide bonds. The monoisotopic (exact) mass is 467 g/mol. The van der Waals surface area contributed by atoms with Gasteiger partial charge < -0.3 is 19.8 Å². The fourth-order valence-electron chi connectivity index (χ4n) is 4.12. The summed E-state index contributed by atoms with van der Waals surface area (Å²) >= 11 is 0. The van der Waals surface area contributed by atoms with Gasteiger partial charge in [-0.25, -0.2) is 13.9 Å². The number of hydrogen-bond acceptors (Lipinski definition) is 6. The first-order valence-electron chi connectivity index (χ1n) is 10.5. The molecule has 1 aromatic carbocycles. The summed E-state index contributed by atoms with van der Waals surface area (Å²) in [7, 11) is 2.52. The Kier molecular flexibility index (Phi) is 6.44. The number of halogens is 2. The van der Waals surface area contributed by atoms with Crippen LogP contribution >= 0.6 is 0 Å². The third-order valence-electron chi connectivity index (χ3n) is 5.80. The highest BCUT2D eigenvalue weighted by Crippen LogP contribution is 2.32. The predicted molar refractivity (Wildman–Crippen MR) is 124 cm³/mol. The molecular weight excluding hydrogens is 444 g/mol. The Balaban J connectivity index is 1.84. The minimum absolute atomic E-state index is 0.0232. The van der Waals surface area contributed by atoms with Crippen molar-refractivity contribution in [3.8, 4) is 35.2 Å². The molecule has 0 radical (unpaired) electrons. The first-order valence-corrected chi connectivity index (χ1v) is 10.5. The van der Waals surface area contributed by atoms with E-state index in [1.807, 2.05) is 4.57 Å². The van der Waals surface area contributed by atoms with Gasteiger partial charge in [-0.1, -0.05) is 17.8 Å². The molecule has 34 heavy (non-hydrogen) atoms. The maximum atomic E-state index is 14.8. The zero-order chi connectivity index (χ0) is 24.4. The highest BCUT2D eigenvalue weighted by atomic mass is 19.1. The number of ether oxygens (including phenoxy) is 2. The third kappa shape index (κ3) is 4.04. The number of hydrogen-bond donors (Lipinski definition) is 2. The molecule has 2 aromatic heterocycles. The number of nitrogens with zero attached hydrogens (tertiary/aromatic N) is 3. The van der Waals surface area contributed by atoms with Gasteiger partial charge in [-0.3, -0.25) is 9.69 Å². The second-order valence-electron chi connectivity index (χ2n) is 7.75. The van der Waals surface area contributed by atoms with Gasteiger partial charge in [0.25, 0.3) is 5.56 Å². The molecule has 1 aliphatic rings. The van der Waals surface area contributed by atoms with Crippen molar-refractivity contribution >= 4 is 16.7 Å². The maximum Gasteiger partial charge on any atom is 0.288 e. The average molecular weight is 467 g/mol. The van der Waals surface area contributed by atoms with Crippen LogP contribution in [0.15, 0.2) is 17.1 Å². The lowest BCUT2D eigenvalue weighted by atomic mass is 10.1. The molecule has 1 unspecified atom stereocenters. The van der Waals surface area contributed by atoms with E-state index in [-0.39, 0.29) is 23.4 Å². The van der Waals surface area contributed by atoms with Gasteiger partial charge in [0.1, 0.15) is 11.1 Å². The zero-order valence-electron chi connectivity index (χ0n) is 19.0. The van der Waals surface area contributed by atoms with E-state index in [0.29, 0.717) is 29.6 Å². The number of nitrogens with one attached hydrogen (secondary N) is 1. The molecule has 1 fully saturated rings. The number of methoxy groups -OCH3 is 2. The van der Waals surface area contributed by atoms with Crippen molar-refractivity contribution in [2.45, 2.75) is 19.4 Å². The fraction of sp³-hybridized carbons (Fsp3) is 0.333. The van der Waals surface area contributed by atoms with Crippen molar-refractivity contribution in [1.82, 2.24) is 19.7 Å². The normalized spacial score (nSPS) is 15.5. The summed E-state index contributed by atoms with van der Waals surface area (Å²) in [6, 6.07) is 1.09. The number of benzene rings is 1. The van der Waals surface area contributed by atoms with Gasteiger partial charge in [0.15, 0.2) is 29.0 Å². The Hall–Kier alpha value is -4.02. The summed E-state index contributed by atoms with van der Waals surface area (Å²) in [4.78, 5) is 14.9. The summed E-state index contributed by atoms with van der Waals surface area (Å²) in [5.41, 5.74) is 5.78.